The number of furan rings is 2. The SMILES string of the molecule is COC(=O)c1ccc(OCC(=O)N2N=C(c3ccco3)CC2c2ccco2)c(Br)c1. The maximum absolute atomic E-state index is 12.9. The summed E-state index contributed by atoms with van der Waals surface area (Å²) in [4.78, 5) is 24.5. The first-order chi connectivity index (χ1) is 14.6. The number of nitrogens with zero attached hydrogens (tertiary/aromatic N) is 2. The number of hydrogen-bond donors (Lipinski definition) is 0. The summed E-state index contributed by atoms with van der Waals surface area (Å²) in [5.74, 6) is 0.833. The second-order valence-electron chi connectivity index (χ2n) is 6.42. The van der Waals surface area contributed by atoms with Crippen LogP contribution in [0.25, 0.3) is 0 Å². The van der Waals surface area contributed by atoms with Crippen LogP contribution in [0.3, 0.4) is 0 Å². The van der Waals surface area contributed by atoms with E-state index in [0.717, 1.165) is 0 Å². The molecule has 2 aromatic heterocycles. The molecule has 3 heterocycles. The fraction of sp³-hybridized carbons (Fsp3) is 0.190. The number of rotatable bonds is 6. The molecule has 0 saturated heterocycles. The minimum absolute atomic E-state index is 0.248. The lowest BCUT2D eigenvalue weighted by molar-refractivity contribution is -0.135. The molecule has 9 heteroatoms. The van der Waals surface area contributed by atoms with Crippen molar-refractivity contribution in [1.29, 1.82) is 0 Å². The van der Waals surface area contributed by atoms with Crippen LogP contribution in [0, 0.1) is 0 Å². The smallest absolute Gasteiger partial charge is 0.337 e. The highest BCUT2D eigenvalue weighted by Crippen LogP contribution is 2.33. The Morgan fingerprint density at radius 3 is 2.67 bits per heavy atom. The van der Waals surface area contributed by atoms with Crippen molar-refractivity contribution >= 4 is 33.5 Å². The van der Waals surface area contributed by atoms with Crippen LogP contribution in [0.4, 0.5) is 0 Å². The molecular weight excluding hydrogens is 456 g/mol. The quantitative estimate of drug-likeness (QED) is 0.499. The summed E-state index contributed by atoms with van der Waals surface area (Å²) in [6.45, 7) is -0.248. The van der Waals surface area contributed by atoms with Crippen molar-refractivity contribution in [3.8, 4) is 5.75 Å². The Kier molecular flexibility index (Phi) is 5.71. The van der Waals surface area contributed by atoms with E-state index in [1.54, 1.807) is 55.0 Å². The van der Waals surface area contributed by atoms with Crippen molar-refractivity contribution in [1.82, 2.24) is 5.01 Å². The van der Waals surface area contributed by atoms with Crippen LogP contribution in [0.1, 0.15) is 34.3 Å². The summed E-state index contributed by atoms with van der Waals surface area (Å²) in [5, 5.41) is 5.80. The van der Waals surface area contributed by atoms with Gasteiger partial charge in [0.1, 0.15) is 29.0 Å². The van der Waals surface area contributed by atoms with Crippen LogP contribution in [-0.4, -0.2) is 36.3 Å². The van der Waals surface area contributed by atoms with Crippen molar-refractivity contribution in [2.75, 3.05) is 13.7 Å². The first-order valence-electron chi connectivity index (χ1n) is 9.04. The molecule has 1 unspecified atom stereocenters. The number of methoxy groups -OCH3 is 1. The molecule has 0 spiro atoms. The summed E-state index contributed by atoms with van der Waals surface area (Å²) in [7, 11) is 1.31. The zero-order valence-corrected chi connectivity index (χ0v) is 17.5. The number of halogens is 1. The van der Waals surface area contributed by atoms with Gasteiger partial charge in [-0.25, -0.2) is 9.80 Å². The Morgan fingerprint density at radius 2 is 2.00 bits per heavy atom. The molecule has 30 heavy (non-hydrogen) atoms. The van der Waals surface area contributed by atoms with Crippen molar-refractivity contribution in [3.05, 3.63) is 76.5 Å². The summed E-state index contributed by atoms with van der Waals surface area (Å²) in [6, 6.07) is 11.5. The van der Waals surface area contributed by atoms with Gasteiger partial charge in [0.05, 0.1) is 29.7 Å². The molecule has 154 valence electrons. The van der Waals surface area contributed by atoms with Crippen molar-refractivity contribution in [2.24, 2.45) is 5.10 Å². The molecule has 0 N–H and O–H groups in total. The highest BCUT2D eigenvalue weighted by atomic mass is 79.9. The summed E-state index contributed by atoms with van der Waals surface area (Å²) < 4.78 is 21.8. The monoisotopic (exact) mass is 472 g/mol. The molecule has 0 saturated carbocycles. The van der Waals surface area contributed by atoms with E-state index in [9.17, 15) is 9.59 Å². The van der Waals surface area contributed by atoms with Crippen LogP contribution in [-0.2, 0) is 9.53 Å². The number of hydrazone groups is 1. The second-order valence-corrected chi connectivity index (χ2v) is 7.28. The number of esters is 1. The predicted molar refractivity (Wildman–Crippen MR) is 109 cm³/mol. The number of amides is 1. The molecule has 1 aliphatic heterocycles. The highest BCUT2D eigenvalue weighted by Gasteiger charge is 2.36. The standard InChI is InChI=1S/C21H17BrN2O6/c1-27-21(26)13-6-7-17(14(22)10-13)30-12-20(25)24-16(19-5-3-9-29-19)11-15(23-24)18-4-2-8-28-18/h2-10,16H,11-12H2,1H3. The van der Waals surface area contributed by atoms with E-state index in [1.165, 1.54) is 12.1 Å². The maximum Gasteiger partial charge on any atom is 0.337 e. The maximum atomic E-state index is 12.9. The molecule has 8 nitrogen and oxygen atoms in total. The zero-order chi connectivity index (χ0) is 21.1. The number of carbonyl (C=O) groups is 2. The molecule has 1 atom stereocenters. The van der Waals surface area contributed by atoms with Crippen molar-refractivity contribution < 1.29 is 27.9 Å². The van der Waals surface area contributed by atoms with Gasteiger partial charge in [0.25, 0.3) is 5.91 Å². The van der Waals surface area contributed by atoms with Gasteiger partial charge in [-0.3, -0.25) is 4.79 Å². The molecule has 0 radical (unpaired) electrons. The van der Waals surface area contributed by atoms with Gasteiger partial charge in [-0.1, -0.05) is 0 Å². The first kappa shape index (κ1) is 20.0. The average Bonchev–Trinajstić information content (AvgIpc) is 3.52. The van der Waals surface area contributed by atoms with Crippen LogP contribution in [0.2, 0.25) is 0 Å². The van der Waals surface area contributed by atoms with Crippen LogP contribution >= 0.6 is 15.9 Å². The lowest BCUT2D eigenvalue weighted by Crippen LogP contribution is -2.31. The van der Waals surface area contributed by atoms with Crippen molar-refractivity contribution in [3.63, 3.8) is 0 Å². The van der Waals surface area contributed by atoms with Gasteiger partial charge in [0.2, 0.25) is 0 Å². The lowest BCUT2D eigenvalue weighted by Gasteiger charge is -2.20. The molecule has 1 aliphatic rings. The molecule has 1 aromatic carbocycles. The van der Waals surface area contributed by atoms with Crippen LogP contribution in [0.15, 0.2) is 73.4 Å². The number of carbonyl (C=O) groups excluding carboxylic acids is 2. The van der Waals surface area contributed by atoms with Gasteiger partial charge in [-0.15, -0.1) is 0 Å². The highest BCUT2D eigenvalue weighted by molar-refractivity contribution is 9.10. The Bertz CT molecular complexity index is 1080. The van der Waals surface area contributed by atoms with Gasteiger partial charge in [-0.2, -0.15) is 5.10 Å². The summed E-state index contributed by atoms with van der Waals surface area (Å²) in [6.07, 6.45) is 3.58. The third-order valence-corrected chi connectivity index (χ3v) is 5.17. The largest absolute Gasteiger partial charge is 0.483 e. The van der Waals surface area contributed by atoms with E-state index in [4.69, 9.17) is 18.3 Å². The molecular formula is C21H17BrN2O6. The minimum Gasteiger partial charge on any atom is -0.483 e. The Balaban J connectivity index is 1.50. The molecule has 0 fully saturated rings. The fourth-order valence-corrected chi connectivity index (χ4v) is 3.60. The topological polar surface area (TPSA) is 94.5 Å². The number of hydrogen-bond acceptors (Lipinski definition) is 7. The van der Waals surface area contributed by atoms with E-state index in [-0.39, 0.29) is 18.6 Å². The molecule has 0 bridgehead atoms. The molecule has 4 rings (SSSR count). The van der Waals surface area contributed by atoms with Gasteiger partial charge in [-0.05, 0) is 58.4 Å². The zero-order valence-electron chi connectivity index (χ0n) is 15.9. The van der Waals surface area contributed by atoms with E-state index in [0.29, 0.717) is 39.4 Å². The van der Waals surface area contributed by atoms with Crippen LogP contribution < -0.4 is 4.74 Å². The first-order valence-corrected chi connectivity index (χ1v) is 9.83. The van der Waals surface area contributed by atoms with E-state index >= 15 is 0 Å². The van der Waals surface area contributed by atoms with Gasteiger partial charge < -0.3 is 18.3 Å². The average molecular weight is 473 g/mol. The number of benzene rings is 1. The van der Waals surface area contributed by atoms with Gasteiger partial charge >= 0.3 is 5.97 Å². The lowest BCUT2D eigenvalue weighted by atomic mass is 10.1. The van der Waals surface area contributed by atoms with E-state index < -0.39 is 5.97 Å². The minimum atomic E-state index is -0.462. The Morgan fingerprint density at radius 1 is 1.20 bits per heavy atom. The van der Waals surface area contributed by atoms with E-state index in [1.807, 2.05) is 0 Å². The third kappa shape index (κ3) is 4.02. The van der Waals surface area contributed by atoms with Gasteiger partial charge in [0.15, 0.2) is 6.61 Å². The number of ether oxygens (including phenoxy) is 2. The Hall–Kier alpha value is -3.33. The normalized spacial score (nSPS) is 15.7. The van der Waals surface area contributed by atoms with Crippen molar-refractivity contribution in [2.45, 2.75) is 12.5 Å². The van der Waals surface area contributed by atoms with Crippen LogP contribution in [0.5, 0.6) is 5.75 Å². The predicted octanol–water partition coefficient (Wildman–Crippen LogP) is 4.18. The fourth-order valence-electron chi connectivity index (χ4n) is 3.10. The molecule has 3 aromatic rings. The second kappa shape index (κ2) is 8.58. The molecule has 0 aliphatic carbocycles. The third-order valence-electron chi connectivity index (χ3n) is 4.55. The summed E-state index contributed by atoms with van der Waals surface area (Å²) >= 11 is 3.34. The summed E-state index contributed by atoms with van der Waals surface area (Å²) in [5.41, 5.74) is 1.02. The van der Waals surface area contributed by atoms with Gasteiger partial charge in [0, 0.05) is 6.42 Å². The van der Waals surface area contributed by atoms with E-state index in [2.05, 4.69) is 21.0 Å². The molecule has 1 amide bonds. The Labute approximate surface area is 180 Å².